The van der Waals surface area contributed by atoms with Gasteiger partial charge < -0.3 is 4.98 Å². The van der Waals surface area contributed by atoms with Crippen molar-refractivity contribution in [2.24, 2.45) is 11.0 Å². The zero-order chi connectivity index (χ0) is 17.3. The van der Waals surface area contributed by atoms with Crippen molar-refractivity contribution < 1.29 is 4.79 Å². The van der Waals surface area contributed by atoms with Crippen LogP contribution >= 0.6 is 11.3 Å². The molecule has 1 fully saturated rings. The van der Waals surface area contributed by atoms with E-state index in [0.29, 0.717) is 22.0 Å². The van der Waals surface area contributed by atoms with Gasteiger partial charge in [-0.15, -0.1) is 11.3 Å². The molecule has 2 aromatic heterocycles. The molecule has 2 N–H and O–H groups in total. The third kappa shape index (κ3) is 3.56. The number of nitrogens with one attached hydrogen (secondary N) is 2. The SMILES string of the molecule is Cc1sc2nc(CC(=O)N/N=C3\CCC[C@H](C)C3)[nH]c(=O)c2c1C. The predicted octanol–water partition coefficient (Wildman–Crippen LogP) is 2.83. The quantitative estimate of drug-likeness (QED) is 0.838. The van der Waals surface area contributed by atoms with Gasteiger partial charge in [-0.05, 0) is 51.0 Å². The van der Waals surface area contributed by atoms with Crippen LogP contribution in [0.4, 0.5) is 0 Å². The van der Waals surface area contributed by atoms with Crippen LogP contribution in [0.1, 0.15) is 48.9 Å². The molecule has 0 saturated heterocycles. The summed E-state index contributed by atoms with van der Waals surface area (Å²) in [6.45, 7) is 6.08. The zero-order valence-corrected chi connectivity index (χ0v) is 15.0. The molecule has 2 aromatic rings. The molecule has 24 heavy (non-hydrogen) atoms. The molecule has 1 aliphatic carbocycles. The number of H-pyrrole nitrogens is 1. The van der Waals surface area contributed by atoms with Crippen LogP contribution in [-0.2, 0) is 11.2 Å². The molecule has 1 saturated carbocycles. The number of hydrazone groups is 1. The number of aryl methyl sites for hydroxylation is 2. The van der Waals surface area contributed by atoms with Gasteiger partial charge in [0, 0.05) is 10.6 Å². The number of amides is 1. The number of carbonyl (C=O) groups excluding carboxylic acids is 1. The van der Waals surface area contributed by atoms with Crippen molar-refractivity contribution >= 4 is 33.2 Å². The van der Waals surface area contributed by atoms with Crippen molar-refractivity contribution in [3.8, 4) is 0 Å². The molecule has 0 aliphatic heterocycles. The number of carbonyl (C=O) groups is 1. The maximum Gasteiger partial charge on any atom is 0.259 e. The van der Waals surface area contributed by atoms with Crippen molar-refractivity contribution in [3.05, 3.63) is 26.6 Å². The van der Waals surface area contributed by atoms with Gasteiger partial charge in [0.15, 0.2) is 0 Å². The van der Waals surface area contributed by atoms with Crippen molar-refractivity contribution in [1.29, 1.82) is 0 Å². The Balaban J connectivity index is 1.71. The van der Waals surface area contributed by atoms with Crippen LogP contribution in [0.3, 0.4) is 0 Å². The number of rotatable bonds is 3. The molecule has 1 amide bonds. The predicted molar refractivity (Wildman–Crippen MR) is 96.6 cm³/mol. The summed E-state index contributed by atoms with van der Waals surface area (Å²) >= 11 is 1.48. The number of hydrogen-bond donors (Lipinski definition) is 2. The second-order valence-corrected chi connectivity index (χ2v) is 7.77. The van der Waals surface area contributed by atoms with Crippen molar-refractivity contribution in [3.63, 3.8) is 0 Å². The van der Waals surface area contributed by atoms with E-state index < -0.39 is 0 Å². The Morgan fingerprint density at radius 3 is 3.00 bits per heavy atom. The number of aromatic amines is 1. The lowest BCUT2D eigenvalue weighted by Crippen LogP contribution is -2.25. The van der Waals surface area contributed by atoms with Crippen LogP contribution in [0.15, 0.2) is 9.90 Å². The molecule has 2 heterocycles. The Morgan fingerprint density at radius 1 is 1.46 bits per heavy atom. The maximum atomic E-state index is 12.2. The van der Waals surface area contributed by atoms with Crippen molar-refractivity contribution in [2.75, 3.05) is 0 Å². The third-order valence-corrected chi connectivity index (χ3v) is 5.60. The first-order valence-electron chi connectivity index (χ1n) is 8.27. The van der Waals surface area contributed by atoms with Crippen molar-refractivity contribution in [1.82, 2.24) is 15.4 Å². The van der Waals surface area contributed by atoms with Gasteiger partial charge in [0.05, 0.1) is 11.8 Å². The molecular formula is C17H22N4O2S. The van der Waals surface area contributed by atoms with Crippen LogP contribution < -0.4 is 11.0 Å². The van der Waals surface area contributed by atoms with E-state index >= 15 is 0 Å². The molecule has 0 bridgehead atoms. The summed E-state index contributed by atoms with van der Waals surface area (Å²) in [6, 6.07) is 0. The van der Waals surface area contributed by atoms with Gasteiger partial charge >= 0.3 is 0 Å². The van der Waals surface area contributed by atoms with E-state index in [-0.39, 0.29) is 17.9 Å². The van der Waals surface area contributed by atoms with E-state index in [4.69, 9.17) is 0 Å². The fourth-order valence-corrected chi connectivity index (χ4v) is 4.13. The Labute approximate surface area is 144 Å². The smallest absolute Gasteiger partial charge is 0.259 e. The molecule has 1 aliphatic rings. The van der Waals surface area contributed by atoms with E-state index in [1.165, 1.54) is 17.8 Å². The minimum atomic E-state index is -0.256. The minimum absolute atomic E-state index is 0.0213. The molecule has 1 atom stereocenters. The average molecular weight is 346 g/mol. The standard InChI is InChI=1S/C17H22N4O2S/c1-9-5-4-6-12(7-9)20-21-14(22)8-13-18-16(23)15-10(2)11(3)24-17(15)19-13/h9H,4-8H2,1-3H3,(H,21,22)(H,18,19,23)/b20-12+/t9-/m0/s1. The Morgan fingerprint density at radius 2 is 2.25 bits per heavy atom. The number of nitrogens with zero attached hydrogens (tertiary/aromatic N) is 2. The van der Waals surface area contributed by atoms with Gasteiger partial charge in [-0.2, -0.15) is 5.10 Å². The van der Waals surface area contributed by atoms with E-state index in [9.17, 15) is 9.59 Å². The van der Waals surface area contributed by atoms with E-state index in [0.717, 1.165) is 35.4 Å². The van der Waals surface area contributed by atoms with Crippen LogP contribution in [0.5, 0.6) is 0 Å². The topological polar surface area (TPSA) is 87.2 Å². The number of thiophene rings is 1. The van der Waals surface area contributed by atoms with Gasteiger partial charge in [0.1, 0.15) is 10.7 Å². The monoisotopic (exact) mass is 346 g/mol. The molecule has 0 spiro atoms. The molecule has 128 valence electrons. The minimum Gasteiger partial charge on any atom is -0.309 e. The van der Waals surface area contributed by atoms with E-state index in [2.05, 4.69) is 27.4 Å². The number of hydrogen-bond acceptors (Lipinski definition) is 5. The lowest BCUT2D eigenvalue weighted by Gasteiger charge is -2.18. The third-order valence-electron chi connectivity index (χ3n) is 4.50. The summed E-state index contributed by atoms with van der Waals surface area (Å²) in [6.07, 6.45) is 4.25. The molecule has 3 rings (SSSR count). The molecule has 0 aromatic carbocycles. The lowest BCUT2D eigenvalue weighted by molar-refractivity contribution is -0.120. The van der Waals surface area contributed by atoms with Crippen LogP contribution in [0.2, 0.25) is 0 Å². The van der Waals surface area contributed by atoms with Gasteiger partial charge in [-0.25, -0.2) is 10.4 Å². The normalized spacial score (nSPS) is 19.8. The summed E-state index contributed by atoms with van der Waals surface area (Å²) in [7, 11) is 0. The van der Waals surface area contributed by atoms with Crippen LogP contribution in [0, 0.1) is 19.8 Å². The summed E-state index contributed by atoms with van der Waals surface area (Å²) < 4.78 is 0. The number of aromatic nitrogens is 2. The molecular weight excluding hydrogens is 324 g/mol. The largest absolute Gasteiger partial charge is 0.309 e. The Bertz CT molecular complexity index is 865. The van der Waals surface area contributed by atoms with E-state index in [1.807, 2.05) is 13.8 Å². The van der Waals surface area contributed by atoms with Crippen molar-refractivity contribution in [2.45, 2.75) is 52.9 Å². The Hall–Kier alpha value is -2.02. The maximum absolute atomic E-state index is 12.2. The lowest BCUT2D eigenvalue weighted by atomic mass is 9.89. The second kappa shape index (κ2) is 6.84. The first kappa shape index (κ1) is 16.8. The average Bonchev–Trinajstić information content (AvgIpc) is 2.80. The Kier molecular flexibility index (Phi) is 4.80. The fourth-order valence-electron chi connectivity index (χ4n) is 3.08. The zero-order valence-electron chi connectivity index (χ0n) is 14.2. The highest BCUT2D eigenvalue weighted by Gasteiger charge is 2.16. The first-order chi connectivity index (χ1) is 11.4. The highest BCUT2D eigenvalue weighted by Crippen LogP contribution is 2.25. The second-order valence-electron chi connectivity index (χ2n) is 6.57. The van der Waals surface area contributed by atoms with Gasteiger partial charge in [0.25, 0.3) is 5.56 Å². The van der Waals surface area contributed by atoms with Gasteiger partial charge in [-0.1, -0.05) is 6.92 Å². The van der Waals surface area contributed by atoms with Gasteiger partial charge in [0.2, 0.25) is 5.91 Å². The molecule has 7 heteroatoms. The number of fused-ring (bicyclic) bond motifs is 1. The summed E-state index contributed by atoms with van der Waals surface area (Å²) in [5, 5.41) is 4.86. The summed E-state index contributed by atoms with van der Waals surface area (Å²) in [4.78, 5) is 33.2. The van der Waals surface area contributed by atoms with Crippen LogP contribution in [-0.4, -0.2) is 21.6 Å². The molecule has 0 radical (unpaired) electrons. The highest BCUT2D eigenvalue weighted by molar-refractivity contribution is 7.18. The van der Waals surface area contributed by atoms with E-state index in [1.54, 1.807) is 0 Å². The molecule has 0 unspecified atom stereocenters. The summed E-state index contributed by atoms with van der Waals surface area (Å²) in [5.74, 6) is 0.747. The molecule has 6 nitrogen and oxygen atoms in total. The first-order valence-corrected chi connectivity index (χ1v) is 9.09. The van der Waals surface area contributed by atoms with Gasteiger partial charge in [-0.3, -0.25) is 9.59 Å². The fraction of sp³-hybridized carbons (Fsp3) is 0.529. The highest BCUT2D eigenvalue weighted by atomic mass is 32.1. The summed E-state index contributed by atoms with van der Waals surface area (Å²) in [5.41, 5.74) is 4.41. The van der Waals surface area contributed by atoms with Crippen LogP contribution in [0.25, 0.3) is 10.2 Å².